The van der Waals surface area contributed by atoms with Crippen LogP contribution in [0.5, 0.6) is 5.75 Å². The van der Waals surface area contributed by atoms with Crippen LogP contribution >= 0.6 is 0 Å². The Balaban J connectivity index is 1.44. The average molecular weight is 439 g/mol. The molecule has 4 aliphatic rings. The number of fused-ring (bicyclic) bond motifs is 2. The number of aromatic nitrogens is 3. The van der Waals surface area contributed by atoms with Crippen molar-refractivity contribution < 1.29 is 14.3 Å². The molecule has 170 valence electrons. The highest BCUT2D eigenvalue weighted by Gasteiger charge is 2.24. The quantitative estimate of drug-likeness (QED) is 0.675. The molecular formula is C23H30N6O3. The summed E-state index contributed by atoms with van der Waals surface area (Å²) in [6.07, 6.45) is 8.27. The first-order valence-corrected chi connectivity index (χ1v) is 11.5. The lowest BCUT2D eigenvalue weighted by atomic mass is 10.1. The molecule has 32 heavy (non-hydrogen) atoms. The van der Waals surface area contributed by atoms with E-state index < -0.39 is 0 Å². The first-order valence-electron chi connectivity index (χ1n) is 11.5. The molecule has 0 atom stereocenters. The number of amides is 2. The number of anilines is 2. The molecule has 9 nitrogen and oxygen atoms in total. The third-order valence-electron chi connectivity index (χ3n) is 5.83. The highest BCUT2D eigenvalue weighted by atomic mass is 16.5. The Morgan fingerprint density at radius 1 is 0.844 bits per heavy atom. The number of hydrogen-bond donors (Lipinski definition) is 1. The smallest absolute Gasteiger partial charge is 0.272 e. The van der Waals surface area contributed by atoms with Gasteiger partial charge >= 0.3 is 0 Å². The molecular weight excluding hydrogens is 408 g/mol. The number of hydrogen-bond acceptors (Lipinski definition) is 7. The van der Waals surface area contributed by atoms with E-state index >= 15 is 0 Å². The molecule has 0 unspecified atom stereocenters. The number of carbonyl (C=O) groups excluding carboxylic acids is 2. The van der Waals surface area contributed by atoms with Gasteiger partial charge in [-0.3, -0.25) is 14.6 Å². The summed E-state index contributed by atoms with van der Waals surface area (Å²) in [5, 5.41) is 11.2. The summed E-state index contributed by atoms with van der Waals surface area (Å²) in [6.45, 7) is 3.08. The average Bonchev–Trinajstić information content (AvgIpc) is 2.83. The van der Waals surface area contributed by atoms with Gasteiger partial charge in [0.1, 0.15) is 11.4 Å². The van der Waals surface area contributed by atoms with E-state index in [-0.39, 0.29) is 11.8 Å². The molecule has 0 saturated carbocycles. The minimum absolute atomic E-state index is 0.0265. The van der Waals surface area contributed by atoms with Gasteiger partial charge in [0.2, 0.25) is 5.91 Å². The van der Waals surface area contributed by atoms with Crippen molar-refractivity contribution in [1.29, 1.82) is 0 Å². The first kappa shape index (κ1) is 22.0. The maximum atomic E-state index is 12.9. The Bertz CT molecular complexity index is 912. The van der Waals surface area contributed by atoms with E-state index in [0.717, 1.165) is 44.3 Å². The molecule has 0 radical (unpaired) electrons. The number of pyridine rings is 1. The lowest BCUT2D eigenvalue weighted by Gasteiger charge is -2.35. The Morgan fingerprint density at radius 3 is 2.38 bits per heavy atom. The van der Waals surface area contributed by atoms with Crippen LogP contribution in [0.25, 0.3) is 0 Å². The molecule has 0 aromatic carbocycles. The van der Waals surface area contributed by atoms with Crippen LogP contribution in [0.1, 0.15) is 55.4 Å². The molecule has 0 aliphatic carbocycles. The van der Waals surface area contributed by atoms with Crippen molar-refractivity contribution in [2.24, 2.45) is 0 Å². The number of nitrogens with one attached hydrogen (secondary N) is 1. The largest absolute Gasteiger partial charge is 0.493 e. The fraction of sp³-hybridized carbons (Fsp3) is 0.522. The first-order chi connectivity index (χ1) is 15.7. The zero-order valence-corrected chi connectivity index (χ0v) is 18.3. The molecule has 0 spiro atoms. The molecule has 6 heterocycles. The van der Waals surface area contributed by atoms with E-state index in [1.165, 1.54) is 0 Å². The van der Waals surface area contributed by atoms with E-state index in [2.05, 4.69) is 25.4 Å². The molecule has 1 saturated heterocycles. The van der Waals surface area contributed by atoms with E-state index in [1.54, 1.807) is 29.3 Å². The van der Waals surface area contributed by atoms with Gasteiger partial charge in [0.25, 0.3) is 5.91 Å². The van der Waals surface area contributed by atoms with Gasteiger partial charge in [0.15, 0.2) is 11.6 Å². The second-order valence-electron chi connectivity index (χ2n) is 8.20. The number of nitrogens with zero attached hydrogens (tertiary/aromatic N) is 5. The highest BCUT2D eigenvalue weighted by Crippen LogP contribution is 2.18. The molecule has 4 aliphatic heterocycles. The molecule has 1 N–H and O–H groups in total. The molecule has 6 rings (SSSR count). The van der Waals surface area contributed by atoms with Crippen molar-refractivity contribution in [2.75, 3.05) is 43.0 Å². The molecule has 2 aromatic rings. The van der Waals surface area contributed by atoms with Gasteiger partial charge in [-0.15, -0.1) is 10.2 Å². The van der Waals surface area contributed by atoms with Crippen molar-refractivity contribution in [1.82, 2.24) is 20.1 Å². The lowest BCUT2D eigenvalue weighted by Crippen LogP contribution is -2.49. The monoisotopic (exact) mass is 438 g/mol. The van der Waals surface area contributed by atoms with Gasteiger partial charge in [-0.05, 0) is 31.0 Å². The van der Waals surface area contributed by atoms with Gasteiger partial charge in [0, 0.05) is 44.9 Å². The Morgan fingerprint density at radius 2 is 1.59 bits per heavy atom. The second kappa shape index (κ2) is 10.9. The molecule has 9 heteroatoms. The van der Waals surface area contributed by atoms with Crippen LogP contribution in [0.15, 0.2) is 30.5 Å². The SMILES string of the molecule is O=C1CCCCCCCCOc2ccnc(c2)C(=O)N2CCN(CC2)c2ccc(nn2)N1. The number of ether oxygens (including phenoxy) is 1. The third-order valence-corrected chi connectivity index (χ3v) is 5.83. The minimum atomic E-state index is -0.0855. The summed E-state index contributed by atoms with van der Waals surface area (Å²) < 4.78 is 5.84. The van der Waals surface area contributed by atoms with Crippen LogP contribution in [0.3, 0.4) is 0 Å². The van der Waals surface area contributed by atoms with Gasteiger partial charge < -0.3 is 19.9 Å². The fourth-order valence-corrected chi connectivity index (χ4v) is 3.97. The van der Waals surface area contributed by atoms with Gasteiger partial charge in [-0.25, -0.2) is 0 Å². The second-order valence-corrected chi connectivity index (χ2v) is 8.20. The third kappa shape index (κ3) is 5.93. The number of piperazine rings is 1. The Kier molecular flexibility index (Phi) is 7.47. The van der Waals surface area contributed by atoms with E-state index in [4.69, 9.17) is 4.74 Å². The van der Waals surface area contributed by atoms with Gasteiger partial charge in [0.05, 0.1) is 6.61 Å². The van der Waals surface area contributed by atoms with Crippen LogP contribution in [-0.2, 0) is 4.79 Å². The maximum Gasteiger partial charge on any atom is 0.272 e. The predicted octanol–water partition coefficient (Wildman–Crippen LogP) is 2.90. The Hall–Kier alpha value is -3.23. The summed E-state index contributed by atoms with van der Waals surface area (Å²) in [5.74, 6) is 1.78. The normalized spacial score (nSPS) is 18.9. The fourth-order valence-electron chi connectivity index (χ4n) is 3.97. The topological polar surface area (TPSA) is 101 Å². The molecule has 6 bridgehead atoms. The highest BCUT2D eigenvalue weighted by molar-refractivity contribution is 5.93. The van der Waals surface area contributed by atoms with E-state index in [0.29, 0.717) is 56.5 Å². The van der Waals surface area contributed by atoms with Crippen LogP contribution in [0, 0.1) is 0 Å². The minimum Gasteiger partial charge on any atom is -0.493 e. The molecule has 2 aromatic heterocycles. The zero-order chi connectivity index (χ0) is 22.2. The van der Waals surface area contributed by atoms with Crippen LogP contribution in [-0.4, -0.2) is 64.7 Å². The summed E-state index contributed by atoms with van der Waals surface area (Å²) in [5.41, 5.74) is 0.411. The predicted molar refractivity (Wildman–Crippen MR) is 121 cm³/mol. The molecule has 1 fully saturated rings. The van der Waals surface area contributed by atoms with Crippen LogP contribution in [0.2, 0.25) is 0 Å². The molecule has 2 amide bonds. The lowest BCUT2D eigenvalue weighted by molar-refractivity contribution is -0.116. The summed E-state index contributed by atoms with van der Waals surface area (Å²) >= 11 is 0. The zero-order valence-electron chi connectivity index (χ0n) is 18.3. The summed E-state index contributed by atoms with van der Waals surface area (Å²) in [7, 11) is 0. The summed E-state index contributed by atoms with van der Waals surface area (Å²) in [6, 6.07) is 7.17. The van der Waals surface area contributed by atoms with Gasteiger partial charge in [-0.2, -0.15) is 0 Å². The maximum absolute atomic E-state index is 12.9. The van der Waals surface area contributed by atoms with Crippen LogP contribution < -0.4 is 15.0 Å². The van der Waals surface area contributed by atoms with Crippen LogP contribution in [0.4, 0.5) is 11.6 Å². The Labute approximate surface area is 188 Å². The summed E-state index contributed by atoms with van der Waals surface area (Å²) in [4.78, 5) is 33.2. The standard InChI is InChI=1S/C23H30N6O3/c30-22-7-5-3-1-2-4-6-16-32-18-10-11-24-19(17-18)23(31)29-14-12-28(13-15-29)21-9-8-20(25-22)26-27-21/h8-11,17H,1-7,12-16H2,(H,25,26,30). The van der Waals surface area contributed by atoms with Crippen molar-refractivity contribution in [3.8, 4) is 5.75 Å². The van der Waals surface area contributed by atoms with Gasteiger partial charge in [-0.1, -0.05) is 25.7 Å². The number of rotatable bonds is 0. The van der Waals surface area contributed by atoms with Crippen molar-refractivity contribution in [3.63, 3.8) is 0 Å². The van der Waals surface area contributed by atoms with E-state index in [9.17, 15) is 9.59 Å². The van der Waals surface area contributed by atoms with Crippen molar-refractivity contribution >= 4 is 23.5 Å². The number of carbonyl (C=O) groups is 2. The van der Waals surface area contributed by atoms with Crippen molar-refractivity contribution in [2.45, 2.75) is 44.9 Å². The van der Waals surface area contributed by atoms with E-state index in [1.807, 2.05) is 6.07 Å². The van der Waals surface area contributed by atoms with Crippen molar-refractivity contribution in [3.05, 3.63) is 36.2 Å².